The highest BCUT2D eigenvalue weighted by molar-refractivity contribution is 7.89. The number of aliphatic hydroxyl groups is 1. The number of ether oxygens (including phenoxy) is 1. The number of unbranched alkanes of at least 4 members (excludes halogenated alkanes) is 2. The minimum absolute atomic E-state index is 0.144. The molecule has 0 fully saturated rings. The molecule has 5 nitrogen and oxygen atoms in total. The predicted molar refractivity (Wildman–Crippen MR) is 73.7 cm³/mol. The van der Waals surface area contributed by atoms with Crippen molar-refractivity contribution in [2.24, 2.45) is 0 Å². The van der Waals surface area contributed by atoms with Gasteiger partial charge in [-0.3, -0.25) is 0 Å². The normalized spacial score (nSPS) is 11.5. The van der Waals surface area contributed by atoms with Crippen LogP contribution in [0.5, 0.6) is 5.75 Å². The maximum atomic E-state index is 11.9. The summed E-state index contributed by atoms with van der Waals surface area (Å²) in [7, 11) is -3.45. The summed E-state index contributed by atoms with van der Waals surface area (Å²) < 4.78 is 31.7. The molecule has 0 bridgehead atoms. The van der Waals surface area contributed by atoms with E-state index in [-0.39, 0.29) is 11.5 Å². The smallest absolute Gasteiger partial charge is 0.240 e. The molecule has 6 heteroatoms. The Morgan fingerprint density at radius 1 is 1.16 bits per heavy atom. The zero-order valence-electron chi connectivity index (χ0n) is 11.1. The van der Waals surface area contributed by atoms with Crippen LogP contribution < -0.4 is 9.46 Å². The first-order chi connectivity index (χ1) is 9.10. The molecule has 0 saturated heterocycles. The zero-order valence-corrected chi connectivity index (χ0v) is 11.9. The molecular weight excluding hydrogens is 266 g/mol. The Morgan fingerprint density at radius 2 is 1.84 bits per heavy atom. The van der Waals surface area contributed by atoms with Gasteiger partial charge < -0.3 is 9.84 Å². The molecule has 0 saturated carbocycles. The quantitative estimate of drug-likeness (QED) is 0.675. The van der Waals surface area contributed by atoms with Crippen LogP contribution >= 0.6 is 0 Å². The lowest BCUT2D eigenvalue weighted by atomic mass is 10.2. The lowest BCUT2D eigenvalue weighted by Gasteiger charge is -2.08. The lowest BCUT2D eigenvalue weighted by Crippen LogP contribution is -2.24. The topological polar surface area (TPSA) is 75.6 Å². The number of benzene rings is 1. The molecule has 0 spiro atoms. The fourth-order valence-corrected chi connectivity index (χ4v) is 2.66. The SMILES string of the molecule is CCOc1ccc(S(=O)(=O)NCCCCCO)cc1. The minimum atomic E-state index is -3.45. The molecule has 0 radical (unpaired) electrons. The van der Waals surface area contributed by atoms with Crippen molar-refractivity contribution in [3.63, 3.8) is 0 Å². The highest BCUT2D eigenvalue weighted by atomic mass is 32.2. The highest BCUT2D eigenvalue weighted by Crippen LogP contribution is 2.15. The Kier molecular flexibility index (Phi) is 6.83. The number of hydrogen-bond acceptors (Lipinski definition) is 4. The molecule has 19 heavy (non-hydrogen) atoms. The predicted octanol–water partition coefficient (Wildman–Crippen LogP) is 1.53. The van der Waals surface area contributed by atoms with Crippen molar-refractivity contribution in [2.45, 2.75) is 31.1 Å². The second kappa shape index (κ2) is 8.14. The van der Waals surface area contributed by atoms with E-state index in [4.69, 9.17) is 9.84 Å². The summed E-state index contributed by atoms with van der Waals surface area (Å²) in [5, 5.41) is 8.62. The monoisotopic (exact) mass is 287 g/mol. The van der Waals surface area contributed by atoms with Gasteiger partial charge >= 0.3 is 0 Å². The molecule has 0 aliphatic carbocycles. The van der Waals surface area contributed by atoms with Crippen LogP contribution in [-0.4, -0.2) is 33.3 Å². The first-order valence-electron chi connectivity index (χ1n) is 6.43. The molecule has 108 valence electrons. The van der Waals surface area contributed by atoms with Gasteiger partial charge in [-0.25, -0.2) is 13.1 Å². The van der Waals surface area contributed by atoms with Crippen molar-refractivity contribution < 1.29 is 18.3 Å². The molecule has 0 unspecified atom stereocenters. The molecule has 0 aliphatic heterocycles. The number of sulfonamides is 1. The Bertz CT molecular complexity index is 456. The lowest BCUT2D eigenvalue weighted by molar-refractivity contribution is 0.283. The third-order valence-corrected chi connectivity index (χ3v) is 4.05. The van der Waals surface area contributed by atoms with Crippen LogP contribution in [0.2, 0.25) is 0 Å². The second-order valence-corrected chi connectivity index (χ2v) is 5.85. The van der Waals surface area contributed by atoms with Crippen LogP contribution in [0.4, 0.5) is 0 Å². The second-order valence-electron chi connectivity index (χ2n) is 4.09. The van der Waals surface area contributed by atoms with E-state index in [1.165, 1.54) is 12.1 Å². The minimum Gasteiger partial charge on any atom is -0.494 e. The molecule has 1 aromatic carbocycles. The van der Waals surface area contributed by atoms with E-state index in [0.717, 1.165) is 12.8 Å². The van der Waals surface area contributed by atoms with Crippen molar-refractivity contribution in [3.05, 3.63) is 24.3 Å². The van der Waals surface area contributed by atoms with E-state index in [1.807, 2.05) is 6.92 Å². The summed E-state index contributed by atoms with van der Waals surface area (Å²) in [6.07, 6.45) is 2.23. The van der Waals surface area contributed by atoms with Crippen molar-refractivity contribution in [1.29, 1.82) is 0 Å². The number of hydrogen-bond donors (Lipinski definition) is 2. The Labute approximate surface area is 114 Å². The maximum Gasteiger partial charge on any atom is 0.240 e. The highest BCUT2D eigenvalue weighted by Gasteiger charge is 2.12. The van der Waals surface area contributed by atoms with Gasteiger partial charge in [0.05, 0.1) is 11.5 Å². The standard InChI is InChI=1S/C13H21NO4S/c1-2-18-12-6-8-13(9-7-12)19(16,17)14-10-4-3-5-11-15/h6-9,14-15H,2-5,10-11H2,1H3. The van der Waals surface area contributed by atoms with E-state index in [2.05, 4.69) is 4.72 Å². The van der Waals surface area contributed by atoms with E-state index in [0.29, 0.717) is 25.3 Å². The summed E-state index contributed by atoms with van der Waals surface area (Å²) in [6.45, 7) is 2.95. The molecule has 0 atom stereocenters. The summed E-state index contributed by atoms with van der Waals surface area (Å²) in [5.74, 6) is 0.657. The largest absolute Gasteiger partial charge is 0.494 e. The molecule has 0 aromatic heterocycles. The molecule has 0 amide bonds. The first-order valence-corrected chi connectivity index (χ1v) is 7.92. The molecule has 1 rings (SSSR count). The van der Waals surface area contributed by atoms with Crippen LogP contribution in [0.1, 0.15) is 26.2 Å². The Hall–Kier alpha value is -1.11. The molecule has 0 heterocycles. The average Bonchev–Trinajstić information content (AvgIpc) is 2.39. The summed E-state index contributed by atoms with van der Waals surface area (Å²) in [5.41, 5.74) is 0. The van der Waals surface area contributed by atoms with Crippen LogP contribution in [0, 0.1) is 0 Å². The van der Waals surface area contributed by atoms with E-state index >= 15 is 0 Å². The van der Waals surface area contributed by atoms with Crippen molar-refractivity contribution >= 4 is 10.0 Å². The van der Waals surface area contributed by atoms with Gasteiger partial charge in [0.2, 0.25) is 10.0 Å². The van der Waals surface area contributed by atoms with Crippen LogP contribution in [0.3, 0.4) is 0 Å². The van der Waals surface area contributed by atoms with Gasteiger partial charge in [-0.05, 0) is 50.5 Å². The first kappa shape index (κ1) is 15.9. The maximum absolute atomic E-state index is 11.9. The van der Waals surface area contributed by atoms with Gasteiger partial charge in [0.15, 0.2) is 0 Å². The third kappa shape index (κ3) is 5.59. The summed E-state index contributed by atoms with van der Waals surface area (Å²) >= 11 is 0. The van der Waals surface area contributed by atoms with Crippen molar-refractivity contribution in [3.8, 4) is 5.75 Å². The van der Waals surface area contributed by atoms with Crippen LogP contribution in [0.25, 0.3) is 0 Å². The molecule has 2 N–H and O–H groups in total. The van der Waals surface area contributed by atoms with Crippen LogP contribution in [-0.2, 0) is 10.0 Å². The zero-order chi connectivity index (χ0) is 14.1. The van der Waals surface area contributed by atoms with Gasteiger partial charge in [-0.1, -0.05) is 0 Å². The van der Waals surface area contributed by atoms with Crippen molar-refractivity contribution in [1.82, 2.24) is 4.72 Å². The van der Waals surface area contributed by atoms with Gasteiger partial charge in [0.25, 0.3) is 0 Å². The Morgan fingerprint density at radius 3 is 2.42 bits per heavy atom. The number of rotatable bonds is 9. The van der Waals surface area contributed by atoms with Crippen molar-refractivity contribution in [2.75, 3.05) is 19.8 Å². The van der Waals surface area contributed by atoms with E-state index in [1.54, 1.807) is 12.1 Å². The van der Waals surface area contributed by atoms with E-state index in [9.17, 15) is 8.42 Å². The van der Waals surface area contributed by atoms with Crippen LogP contribution in [0.15, 0.2) is 29.2 Å². The van der Waals surface area contributed by atoms with Gasteiger partial charge in [0.1, 0.15) is 5.75 Å². The molecule has 1 aromatic rings. The van der Waals surface area contributed by atoms with Gasteiger partial charge in [0, 0.05) is 13.2 Å². The van der Waals surface area contributed by atoms with Gasteiger partial charge in [-0.2, -0.15) is 0 Å². The summed E-state index contributed by atoms with van der Waals surface area (Å²) in [6, 6.07) is 6.34. The average molecular weight is 287 g/mol. The number of aliphatic hydroxyl groups excluding tert-OH is 1. The van der Waals surface area contributed by atoms with E-state index < -0.39 is 10.0 Å². The molecular formula is C13H21NO4S. The Balaban J connectivity index is 2.52. The fourth-order valence-electron chi connectivity index (χ4n) is 1.59. The summed E-state index contributed by atoms with van der Waals surface area (Å²) in [4.78, 5) is 0.234. The van der Waals surface area contributed by atoms with Gasteiger partial charge in [-0.15, -0.1) is 0 Å². The number of nitrogens with one attached hydrogen (secondary N) is 1. The fraction of sp³-hybridized carbons (Fsp3) is 0.538. The third-order valence-electron chi connectivity index (χ3n) is 2.57. The molecule has 0 aliphatic rings.